The Morgan fingerprint density at radius 2 is 2.10 bits per heavy atom. The summed E-state index contributed by atoms with van der Waals surface area (Å²) in [5, 5.41) is 0. The summed E-state index contributed by atoms with van der Waals surface area (Å²) in [5.74, 6) is 1.79. The van der Waals surface area contributed by atoms with Crippen LogP contribution in [0.1, 0.15) is 11.6 Å². The third-order valence-corrected chi connectivity index (χ3v) is 4.14. The van der Waals surface area contributed by atoms with Crippen molar-refractivity contribution in [1.29, 1.82) is 0 Å². The molecule has 0 spiro atoms. The van der Waals surface area contributed by atoms with Crippen LogP contribution < -0.4 is 14.4 Å². The van der Waals surface area contributed by atoms with Crippen LogP contribution in [0, 0.1) is 0 Å². The molecule has 1 unspecified atom stereocenters. The average Bonchev–Trinajstić information content (AvgIpc) is 2.47. The van der Waals surface area contributed by atoms with E-state index < -0.39 is 0 Å². The van der Waals surface area contributed by atoms with E-state index >= 15 is 0 Å². The molecule has 1 aliphatic rings. The molecule has 0 fully saturated rings. The molecular weight excluding hydrogens is 318 g/mol. The highest BCUT2D eigenvalue weighted by atomic mass is 79.9. The number of nitrogens with zero attached hydrogens (tertiary/aromatic N) is 1. The highest BCUT2D eigenvalue weighted by molar-refractivity contribution is 9.10. The normalized spacial score (nSPS) is 17.4. The van der Waals surface area contributed by atoms with Gasteiger partial charge in [-0.2, -0.15) is 0 Å². The molecule has 0 aromatic heterocycles. The van der Waals surface area contributed by atoms with Crippen molar-refractivity contribution < 1.29 is 9.47 Å². The van der Waals surface area contributed by atoms with Gasteiger partial charge in [-0.05, 0) is 35.9 Å². The zero-order valence-electron chi connectivity index (χ0n) is 11.5. The van der Waals surface area contributed by atoms with Gasteiger partial charge in [-0.15, -0.1) is 0 Å². The predicted molar refractivity (Wildman–Crippen MR) is 83.8 cm³/mol. The molecule has 0 saturated carbocycles. The molecule has 0 saturated heterocycles. The molecule has 1 aliphatic heterocycles. The Morgan fingerprint density at radius 1 is 1.25 bits per heavy atom. The monoisotopic (exact) mass is 333 g/mol. The maximum Gasteiger partial charge on any atom is 0.143 e. The van der Waals surface area contributed by atoms with Crippen molar-refractivity contribution in [2.24, 2.45) is 0 Å². The van der Waals surface area contributed by atoms with E-state index in [1.165, 1.54) is 5.56 Å². The Balaban J connectivity index is 1.95. The number of likely N-dealkylation sites (N-methyl/N-ethyl adjacent to an activating group) is 1. The summed E-state index contributed by atoms with van der Waals surface area (Å²) < 4.78 is 12.2. The van der Waals surface area contributed by atoms with Crippen LogP contribution >= 0.6 is 15.9 Å². The maximum absolute atomic E-state index is 5.90. The second-order valence-corrected chi connectivity index (χ2v) is 5.74. The first-order valence-electron chi connectivity index (χ1n) is 6.48. The SMILES string of the molecule is COc1cccc(C2COc3cc(Br)ccc3N2C)c1. The van der Waals surface area contributed by atoms with Crippen LogP contribution in [0.15, 0.2) is 46.9 Å². The van der Waals surface area contributed by atoms with Crippen LogP contribution in [-0.2, 0) is 0 Å². The third-order valence-electron chi connectivity index (χ3n) is 3.64. The van der Waals surface area contributed by atoms with Crippen molar-refractivity contribution in [3.05, 3.63) is 52.5 Å². The average molecular weight is 334 g/mol. The van der Waals surface area contributed by atoms with Crippen molar-refractivity contribution in [3.63, 3.8) is 0 Å². The summed E-state index contributed by atoms with van der Waals surface area (Å²) in [6, 6.07) is 14.5. The highest BCUT2D eigenvalue weighted by Crippen LogP contribution is 2.40. The van der Waals surface area contributed by atoms with Gasteiger partial charge in [0.2, 0.25) is 0 Å². The standard InChI is InChI=1S/C16H16BrNO2/c1-18-14-7-6-12(17)9-16(14)20-10-15(18)11-4-3-5-13(8-11)19-2/h3-9,15H,10H2,1-2H3. The fourth-order valence-electron chi connectivity index (χ4n) is 2.51. The number of methoxy groups -OCH3 is 1. The number of anilines is 1. The lowest BCUT2D eigenvalue weighted by atomic mass is 10.0. The first-order valence-corrected chi connectivity index (χ1v) is 7.27. The number of benzene rings is 2. The molecule has 1 heterocycles. The van der Waals surface area contributed by atoms with Crippen molar-refractivity contribution in [1.82, 2.24) is 0 Å². The van der Waals surface area contributed by atoms with Crippen molar-refractivity contribution in [2.75, 3.05) is 25.7 Å². The molecule has 2 aromatic rings. The van der Waals surface area contributed by atoms with Crippen LogP contribution in [0.2, 0.25) is 0 Å². The molecule has 1 atom stereocenters. The molecule has 0 radical (unpaired) electrons. The summed E-state index contributed by atoms with van der Waals surface area (Å²) in [6.45, 7) is 0.632. The number of halogens is 1. The number of fused-ring (bicyclic) bond motifs is 1. The van der Waals surface area contributed by atoms with Gasteiger partial charge < -0.3 is 14.4 Å². The summed E-state index contributed by atoms with van der Waals surface area (Å²) in [5.41, 5.74) is 2.30. The number of hydrogen-bond donors (Lipinski definition) is 0. The largest absolute Gasteiger partial charge is 0.497 e. The minimum absolute atomic E-state index is 0.193. The lowest BCUT2D eigenvalue weighted by Gasteiger charge is -2.36. The van der Waals surface area contributed by atoms with Gasteiger partial charge in [0, 0.05) is 11.5 Å². The third kappa shape index (κ3) is 2.36. The maximum atomic E-state index is 5.90. The van der Waals surface area contributed by atoms with Gasteiger partial charge in [0.25, 0.3) is 0 Å². The first-order chi connectivity index (χ1) is 9.69. The van der Waals surface area contributed by atoms with Crippen molar-refractivity contribution in [3.8, 4) is 11.5 Å². The zero-order valence-corrected chi connectivity index (χ0v) is 13.1. The van der Waals surface area contributed by atoms with Gasteiger partial charge in [-0.3, -0.25) is 0 Å². The van der Waals surface area contributed by atoms with E-state index in [-0.39, 0.29) is 6.04 Å². The Labute approximate surface area is 127 Å². The van der Waals surface area contributed by atoms with Gasteiger partial charge in [0.15, 0.2) is 0 Å². The fourth-order valence-corrected chi connectivity index (χ4v) is 2.85. The summed E-state index contributed by atoms with van der Waals surface area (Å²) in [7, 11) is 3.78. The lowest BCUT2D eigenvalue weighted by molar-refractivity contribution is 0.268. The van der Waals surface area contributed by atoms with E-state index in [1.54, 1.807) is 7.11 Å². The van der Waals surface area contributed by atoms with Crippen LogP contribution in [0.25, 0.3) is 0 Å². The summed E-state index contributed by atoms with van der Waals surface area (Å²) >= 11 is 3.47. The van der Waals surface area contributed by atoms with Gasteiger partial charge in [-0.25, -0.2) is 0 Å². The van der Waals surface area contributed by atoms with E-state index in [4.69, 9.17) is 9.47 Å². The molecule has 0 N–H and O–H groups in total. The van der Waals surface area contributed by atoms with Gasteiger partial charge in [-0.1, -0.05) is 28.1 Å². The smallest absolute Gasteiger partial charge is 0.143 e. The van der Waals surface area contributed by atoms with E-state index in [9.17, 15) is 0 Å². The van der Waals surface area contributed by atoms with Crippen LogP contribution in [0.5, 0.6) is 11.5 Å². The predicted octanol–water partition coefficient (Wildman–Crippen LogP) is 4.03. The number of rotatable bonds is 2. The Hall–Kier alpha value is -1.68. The zero-order chi connectivity index (χ0) is 14.1. The van der Waals surface area contributed by atoms with Crippen LogP contribution in [-0.4, -0.2) is 20.8 Å². The molecule has 104 valence electrons. The molecule has 2 aromatic carbocycles. The molecule has 0 aliphatic carbocycles. The van der Waals surface area contributed by atoms with E-state index in [0.717, 1.165) is 21.7 Å². The minimum Gasteiger partial charge on any atom is -0.497 e. The first kappa shape index (κ1) is 13.3. The van der Waals surface area contributed by atoms with Gasteiger partial charge in [0.1, 0.15) is 18.1 Å². The quantitative estimate of drug-likeness (QED) is 0.828. The molecule has 3 nitrogen and oxygen atoms in total. The Bertz CT molecular complexity index is 630. The summed E-state index contributed by atoms with van der Waals surface area (Å²) in [6.07, 6.45) is 0. The molecule has 20 heavy (non-hydrogen) atoms. The second-order valence-electron chi connectivity index (χ2n) is 4.83. The molecule has 3 rings (SSSR count). The molecule has 0 amide bonds. The Morgan fingerprint density at radius 3 is 2.90 bits per heavy atom. The van der Waals surface area contributed by atoms with E-state index in [0.29, 0.717) is 6.61 Å². The number of ether oxygens (including phenoxy) is 2. The molecule has 0 bridgehead atoms. The minimum atomic E-state index is 0.193. The topological polar surface area (TPSA) is 21.7 Å². The van der Waals surface area contributed by atoms with Crippen molar-refractivity contribution in [2.45, 2.75) is 6.04 Å². The molecule has 4 heteroatoms. The lowest BCUT2D eigenvalue weighted by Crippen LogP contribution is -2.33. The summed E-state index contributed by atoms with van der Waals surface area (Å²) in [4.78, 5) is 2.25. The second kappa shape index (κ2) is 5.37. The van der Waals surface area contributed by atoms with E-state index in [1.807, 2.05) is 24.3 Å². The van der Waals surface area contributed by atoms with Crippen molar-refractivity contribution >= 4 is 21.6 Å². The Kier molecular flexibility index (Phi) is 3.57. The van der Waals surface area contributed by atoms with Crippen LogP contribution in [0.4, 0.5) is 5.69 Å². The van der Waals surface area contributed by atoms with Gasteiger partial charge in [0.05, 0.1) is 18.8 Å². The fraction of sp³-hybridized carbons (Fsp3) is 0.250. The molecular formula is C16H16BrNO2. The van der Waals surface area contributed by atoms with Gasteiger partial charge >= 0.3 is 0 Å². The highest BCUT2D eigenvalue weighted by Gasteiger charge is 2.26. The van der Waals surface area contributed by atoms with Crippen LogP contribution in [0.3, 0.4) is 0 Å². The van der Waals surface area contributed by atoms with E-state index in [2.05, 4.69) is 46.1 Å². The number of hydrogen-bond acceptors (Lipinski definition) is 3.